The van der Waals surface area contributed by atoms with Gasteiger partial charge in [0.15, 0.2) is 5.65 Å². The number of nitriles is 1. The number of nitrogens with zero attached hydrogens (tertiary/aromatic N) is 6. The molecular formula is C21H21BN6S. The van der Waals surface area contributed by atoms with Crippen LogP contribution in [0.5, 0.6) is 0 Å². The molecule has 0 spiro atoms. The molecule has 29 heavy (non-hydrogen) atoms. The van der Waals surface area contributed by atoms with Crippen LogP contribution in [0.15, 0.2) is 24.5 Å². The van der Waals surface area contributed by atoms with Crippen LogP contribution in [0.4, 0.5) is 0 Å². The van der Waals surface area contributed by atoms with Crippen molar-refractivity contribution in [3.63, 3.8) is 0 Å². The van der Waals surface area contributed by atoms with Gasteiger partial charge in [-0.25, -0.2) is 19.7 Å². The molecule has 0 aromatic carbocycles. The minimum absolute atomic E-state index is 0.257. The Bertz CT molecular complexity index is 1250. The predicted molar refractivity (Wildman–Crippen MR) is 116 cm³/mol. The zero-order valence-corrected chi connectivity index (χ0v) is 17.4. The van der Waals surface area contributed by atoms with Crippen molar-refractivity contribution in [3.8, 4) is 17.4 Å². The summed E-state index contributed by atoms with van der Waals surface area (Å²) in [4.78, 5) is 16.3. The van der Waals surface area contributed by atoms with E-state index in [1.54, 1.807) is 11.3 Å². The number of aryl methyl sites for hydroxylation is 2. The van der Waals surface area contributed by atoms with Gasteiger partial charge in [-0.05, 0) is 43.9 Å². The van der Waals surface area contributed by atoms with Gasteiger partial charge in [0.25, 0.3) is 6.71 Å². The lowest BCUT2D eigenvalue weighted by molar-refractivity contribution is 0.474. The maximum atomic E-state index is 9.08. The average molecular weight is 400 g/mol. The quantitative estimate of drug-likeness (QED) is 0.472. The predicted octanol–water partition coefficient (Wildman–Crippen LogP) is 4.53. The maximum absolute atomic E-state index is 9.08. The highest BCUT2D eigenvalue weighted by Gasteiger charge is 2.24. The van der Waals surface area contributed by atoms with Gasteiger partial charge >= 0.3 is 0 Å². The van der Waals surface area contributed by atoms with Crippen LogP contribution in [0.2, 0.25) is 12.6 Å². The molecule has 5 heterocycles. The summed E-state index contributed by atoms with van der Waals surface area (Å²) in [6.07, 6.45) is 9.17. The van der Waals surface area contributed by atoms with E-state index in [9.17, 15) is 0 Å². The fraction of sp³-hybridized carbons (Fsp3) is 0.381. The lowest BCUT2D eigenvalue weighted by atomic mass is 9.41. The zero-order chi connectivity index (χ0) is 20.0. The lowest BCUT2D eigenvalue weighted by Crippen LogP contribution is -2.20. The number of imidazole rings is 1. The fourth-order valence-electron chi connectivity index (χ4n) is 4.24. The van der Waals surface area contributed by atoms with Crippen molar-refractivity contribution < 1.29 is 0 Å². The second-order valence-corrected chi connectivity index (χ2v) is 9.19. The molecular weight excluding hydrogens is 379 g/mol. The topological polar surface area (TPSA) is 79.8 Å². The molecule has 1 aliphatic heterocycles. The Kier molecular flexibility index (Phi) is 4.55. The van der Waals surface area contributed by atoms with Crippen LogP contribution < -0.4 is 0 Å². The molecule has 0 saturated carbocycles. The van der Waals surface area contributed by atoms with Crippen molar-refractivity contribution in [1.82, 2.24) is 24.6 Å². The van der Waals surface area contributed by atoms with E-state index < -0.39 is 0 Å². The van der Waals surface area contributed by atoms with E-state index >= 15 is 0 Å². The van der Waals surface area contributed by atoms with Gasteiger partial charge in [-0.3, -0.25) is 4.98 Å². The normalized spacial score (nSPS) is 15.3. The summed E-state index contributed by atoms with van der Waals surface area (Å²) < 4.78 is 1.82. The van der Waals surface area contributed by atoms with Gasteiger partial charge in [-0.15, -0.1) is 11.3 Å². The molecule has 4 aromatic rings. The first-order valence-electron chi connectivity index (χ1n) is 10.1. The van der Waals surface area contributed by atoms with E-state index in [4.69, 9.17) is 10.2 Å². The van der Waals surface area contributed by atoms with Gasteiger partial charge < -0.3 is 0 Å². The Hall–Kier alpha value is -2.79. The van der Waals surface area contributed by atoms with E-state index in [0.29, 0.717) is 5.92 Å². The van der Waals surface area contributed by atoms with Crippen LogP contribution in [0.1, 0.15) is 29.0 Å². The summed E-state index contributed by atoms with van der Waals surface area (Å²) in [5.74, 6) is 3.09. The summed E-state index contributed by atoms with van der Waals surface area (Å²) in [5, 5.41) is 13.8. The van der Waals surface area contributed by atoms with Crippen molar-refractivity contribution in [2.24, 2.45) is 5.92 Å². The second kappa shape index (κ2) is 7.23. The van der Waals surface area contributed by atoms with E-state index in [-0.39, 0.29) is 6.71 Å². The third-order valence-corrected chi connectivity index (χ3v) is 6.84. The fourth-order valence-corrected chi connectivity index (χ4v) is 5.33. The molecule has 5 rings (SSSR count). The number of aromatic nitrogens is 5. The third-order valence-electron chi connectivity index (χ3n) is 5.80. The van der Waals surface area contributed by atoms with Crippen LogP contribution in [0.25, 0.3) is 27.4 Å². The highest BCUT2D eigenvalue weighted by molar-refractivity contribution is 7.18. The van der Waals surface area contributed by atoms with E-state index in [2.05, 4.69) is 27.1 Å². The number of hydrogen-bond donors (Lipinski definition) is 0. The van der Waals surface area contributed by atoms with Gasteiger partial charge in [0.05, 0.1) is 18.1 Å². The molecule has 0 aliphatic carbocycles. The Morgan fingerprint density at radius 3 is 2.83 bits per heavy atom. The number of rotatable bonds is 3. The van der Waals surface area contributed by atoms with Crippen LogP contribution in [0.3, 0.4) is 0 Å². The minimum atomic E-state index is 0.257. The molecule has 1 saturated heterocycles. The van der Waals surface area contributed by atoms with Gasteiger partial charge in [0.2, 0.25) is 0 Å². The average Bonchev–Trinajstić information content (AvgIpc) is 3.30. The summed E-state index contributed by atoms with van der Waals surface area (Å²) in [7, 11) is 0. The van der Waals surface area contributed by atoms with Crippen molar-refractivity contribution in [2.75, 3.05) is 0 Å². The van der Waals surface area contributed by atoms with Crippen LogP contribution in [-0.2, 0) is 6.42 Å². The van der Waals surface area contributed by atoms with Crippen molar-refractivity contribution >= 4 is 34.0 Å². The minimum Gasteiger partial charge on any atom is -0.251 e. The standard InChI is InChI=1S/C21H21BN6S/c1-13-7-17(27-28-11-14(2)25-20(13)28)19-10-24-18-9-16(29-21(18)26-19)8-15-3-5-22(12-23)6-4-15/h7,9-11,15H,3-6,8H2,1-2H3. The number of fused-ring (bicyclic) bond motifs is 2. The first kappa shape index (κ1) is 18.3. The molecule has 4 aromatic heterocycles. The molecule has 1 aliphatic rings. The molecule has 144 valence electrons. The molecule has 0 N–H and O–H groups in total. The Balaban J connectivity index is 1.42. The van der Waals surface area contributed by atoms with Gasteiger partial charge in [0, 0.05) is 10.8 Å². The summed E-state index contributed by atoms with van der Waals surface area (Å²) >= 11 is 1.73. The maximum Gasteiger partial charge on any atom is 0.267 e. The van der Waals surface area contributed by atoms with Crippen molar-refractivity contribution in [1.29, 1.82) is 5.26 Å². The molecule has 0 atom stereocenters. The van der Waals surface area contributed by atoms with Crippen molar-refractivity contribution in [2.45, 2.75) is 45.8 Å². The Labute approximate surface area is 173 Å². The van der Waals surface area contributed by atoms with Crippen molar-refractivity contribution in [3.05, 3.63) is 40.7 Å². The van der Waals surface area contributed by atoms with Crippen LogP contribution >= 0.6 is 11.3 Å². The van der Waals surface area contributed by atoms with Gasteiger partial charge in [0.1, 0.15) is 21.7 Å². The summed E-state index contributed by atoms with van der Waals surface area (Å²) in [6, 6.07) is 4.20. The van der Waals surface area contributed by atoms with E-state index in [0.717, 1.165) is 70.5 Å². The van der Waals surface area contributed by atoms with Crippen LogP contribution in [-0.4, -0.2) is 31.3 Å². The zero-order valence-electron chi connectivity index (χ0n) is 16.6. The second-order valence-electron chi connectivity index (χ2n) is 8.07. The van der Waals surface area contributed by atoms with Crippen LogP contribution in [0, 0.1) is 31.0 Å². The third kappa shape index (κ3) is 3.51. The van der Waals surface area contributed by atoms with E-state index in [1.165, 1.54) is 4.88 Å². The molecule has 6 nitrogen and oxygen atoms in total. The Morgan fingerprint density at radius 1 is 1.21 bits per heavy atom. The number of thiophene rings is 1. The van der Waals surface area contributed by atoms with E-state index in [1.807, 2.05) is 36.8 Å². The number of hydrogen-bond acceptors (Lipinski definition) is 6. The lowest BCUT2D eigenvalue weighted by Gasteiger charge is -2.22. The molecule has 0 amide bonds. The van der Waals surface area contributed by atoms with Gasteiger partial charge in [-0.1, -0.05) is 25.5 Å². The largest absolute Gasteiger partial charge is 0.267 e. The first-order valence-corrected chi connectivity index (χ1v) is 10.9. The Morgan fingerprint density at radius 2 is 2.03 bits per heavy atom. The molecule has 8 heteroatoms. The first-order chi connectivity index (χ1) is 14.1. The SMILES string of the molecule is Cc1cn2nc(-c3cnc4cc(CC5CCB(C#N)CC5)sc4n3)cc(C)c2n1. The summed E-state index contributed by atoms with van der Waals surface area (Å²) in [5.41, 5.74) is 5.46. The molecule has 0 unspecified atom stereocenters. The molecule has 1 fully saturated rings. The highest BCUT2D eigenvalue weighted by atomic mass is 32.1. The molecule has 0 radical (unpaired) electrons. The molecule has 0 bridgehead atoms. The monoisotopic (exact) mass is 400 g/mol. The summed E-state index contributed by atoms with van der Waals surface area (Å²) in [6.45, 7) is 4.27. The highest BCUT2D eigenvalue weighted by Crippen LogP contribution is 2.32. The smallest absolute Gasteiger partial charge is 0.251 e. The van der Waals surface area contributed by atoms with Gasteiger partial charge in [-0.2, -0.15) is 5.10 Å².